The molecule has 0 aromatic carbocycles. The number of nitrogens with zero attached hydrogens (tertiary/aromatic N) is 1. The van der Waals surface area contributed by atoms with Crippen LogP contribution in [0.2, 0.25) is 0 Å². The molecule has 1 N–H and O–H groups in total. The molecule has 2 atom stereocenters. The Morgan fingerprint density at radius 1 is 1.14 bits per heavy atom. The lowest BCUT2D eigenvalue weighted by molar-refractivity contribution is -0.150. The van der Waals surface area contributed by atoms with Gasteiger partial charge >= 0.3 is 0 Å². The number of carbonyl (C=O) groups is 1. The lowest BCUT2D eigenvalue weighted by atomic mass is 9.81. The molecule has 1 heterocycles. The molecule has 1 aliphatic carbocycles. The molecule has 2 fully saturated rings. The summed E-state index contributed by atoms with van der Waals surface area (Å²) in [5.74, 6) is -0.0883. The molecule has 2 rings (SSSR count). The monoisotopic (exact) mass is 318 g/mol. The van der Waals surface area contributed by atoms with E-state index in [4.69, 9.17) is 4.74 Å². The number of amides is 1. The molecule has 2 unspecified atom stereocenters. The molecule has 1 saturated carbocycles. The van der Waals surface area contributed by atoms with Crippen LogP contribution in [-0.4, -0.2) is 56.3 Å². The Morgan fingerprint density at radius 3 is 2.14 bits per heavy atom. The lowest BCUT2D eigenvalue weighted by Crippen LogP contribution is -2.63. The molecule has 6 nitrogen and oxygen atoms in total. The summed E-state index contributed by atoms with van der Waals surface area (Å²) in [5, 5.41) is 0. The van der Waals surface area contributed by atoms with Gasteiger partial charge in [0.2, 0.25) is 15.9 Å². The Labute approximate surface area is 127 Å². The minimum atomic E-state index is -3.42. The van der Waals surface area contributed by atoms with Crippen LogP contribution in [0.3, 0.4) is 0 Å². The van der Waals surface area contributed by atoms with E-state index >= 15 is 0 Å². The second-order valence-electron chi connectivity index (χ2n) is 6.48. The lowest BCUT2D eigenvalue weighted by Gasteiger charge is -2.43. The maximum absolute atomic E-state index is 13.0. The predicted octanol–water partition coefficient (Wildman–Crippen LogP) is 0.874. The summed E-state index contributed by atoms with van der Waals surface area (Å²) in [6.07, 6.45) is 5.07. The molecule has 2 aliphatic rings. The molecule has 122 valence electrons. The van der Waals surface area contributed by atoms with Gasteiger partial charge < -0.3 is 9.64 Å². The smallest absolute Gasteiger partial charge is 0.244 e. The van der Waals surface area contributed by atoms with Gasteiger partial charge in [-0.25, -0.2) is 8.42 Å². The summed E-state index contributed by atoms with van der Waals surface area (Å²) in [5.41, 5.74) is -0.956. The first-order chi connectivity index (χ1) is 9.72. The van der Waals surface area contributed by atoms with Crippen molar-refractivity contribution >= 4 is 15.9 Å². The molecular weight excluding hydrogens is 292 g/mol. The second-order valence-corrected chi connectivity index (χ2v) is 8.23. The summed E-state index contributed by atoms with van der Waals surface area (Å²) < 4.78 is 31.7. The highest BCUT2D eigenvalue weighted by Gasteiger charge is 2.45. The van der Waals surface area contributed by atoms with Crippen molar-refractivity contribution < 1.29 is 17.9 Å². The van der Waals surface area contributed by atoms with Crippen LogP contribution in [0.15, 0.2) is 0 Å². The van der Waals surface area contributed by atoms with Crippen LogP contribution in [0.4, 0.5) is 0 Å². The minimum absolute atomic E-state index is 0.0171. The zero-order valence-electron chi connectivity index (χ0n) is 13.1. The first-order valence-corrected chi connectivity index (χ1v) is 9.55. The molecule has 21 heavy (non-hydrogen) atoms. The second kappa shape index (κ2) is 6.22. The zero-order chi connectivity index (χ0) is 15.7. The number of sulfonamides is 1. The Balaban J connectivity index is 2.21. The highest BCUT2D eigenvalue weighted by molar-refractivity contribution is 7.88. The zero-order valence-corrected chi connectivity index (χ0v) is 13.9. The molecule has 0 aromatic rings. The fourth-order valence-corrected chi connectivity index (χ4v) is 4.52. The number of hydrogen-bond acceptors (Lipinski definition) is 4. The molecule has 1 amide bonds. The Bertz CT molecular complexity index is 475. The van der Waals surface area contributed by atoms with E-state index in [0.717, 1.165) is 25.5 Å². The van der Waals surface area contributed by atoms with Crippen molar-refractivity contribution in [1.82, 2.24) is 9.62 Å². The van der Waals surface area contributed by atoms with Gasteiger partial charge in [0.05, 0.1) is 18.5 Å². The van der Waals surface area contributed by atoms with E-state index in [2.05, 4.69) is 4.72 Å². The van der Waals surface area contributed by atoms with Crippen LogP contribution in [0.5, 0.6) is 0 Å². The van der Waals surface area contributed by atoms with Gasteiger partial charge in [-0.15, -0.1) is 0 Å². The Hall–Kier alpha value is -0.660. The van der Waals surface area contributed by atoms with E-state index in [-0.39, 0.29) is 18.1 Å². The summed E-state index contributed by atoms with van der Waals surface area (Å²) in [6, 6.07) is 0. The summed E-state index contributed by atoms with van der Waals surface area (Å²) in [7, 11) is -3.42. The van der Waals surface area contributed by atoms with Crippen molar-refractivity contribution in [2.75, 3.05) is 19.3 Å². The third-order valence-electron chi connectivity index (χ3n) is 4.20. The van der Waals surface area contributed by atoms with E-state index in [1.165, 1.54) is 0 Å². The van der Waals surface area contributed by atoms with E-state index in [1.807, 2.05) is 13.8 Å². The fourth-order valence-electron chi connectivity index (χ4n) is 3.52. The average Bonchev–Trinajstić information content (AvgIpc) is 2.35. The normalized spacial score (nSPS) is 30.1. The maximum Gasteiger partial charge on any atom is 0.244 e. The van der Waals surface area contributed by atoms with E-state index in [1.54, 1.807) is 4.90 Å². The van der Waals surface area contributed by atoms with Crippen LogP contribution in [0.1, 0.15) is 46.0 Å². The topological polar surface area (TPSA) is 75.7 Å². The van der Waals surface area contributed by atoms with Crippen molar-refractivity contribution in [2.45, 2.75) is 63.7 Å². The van der Waals surface area contributed by atoms with Gasteiger partial charge in [0.1, 0.15) is 5.54 Å². The van der Waals surface area contributed by atoms with Crippen molar-refractivity contribution in [1.29, 1.82) is 0 Å². The Kier molecular flexibility index (Phi) is 4.95. The molecule has 0 bridgehead atoms. The highest BCUT2D eigenvalue weighted by atomic mass is 32.2. The molecule has 1 aliphatic heterocycles. The van der Waals surface area contributed by atoms with Crippen LogP contribution in [0, 0.1) is 0 Å². The largest absolute Gasteiger partial charge is 0.372 e. The number of carbonyl (C=O) groups excluding carboxylic acids is 1. The first kappa shape index (κ1) is 16.7. The van der Waals surface area contributed by atoms with Crippen molar-refractivity contribution in [3.05, 3.63) is 0 Å². The summed E-state index contributed by atoms with van der Waals surface area (Å²) in [4.78, 5) is 14.8. The molecule has 0 radical (unpaired) electrons. The third kappa shape index (κ3) is 4.17. The van der Waals surface area contributed by atoms with Gasteiger partial charge in [-0.1, -0.05) is 19.3 Å². The maximum atomic E-state index is 13.0. The first-order valence-electron chi connectivity index (χ1n) is 7.66. The van der Waals surface area contributed by atoms with Crippen molar-refractivity contribution in [3.63, 3.8) is 0 Å². The van der Waals surface area contributed by atoms with Gasteiger partial charge in [0, 0.05) is 13.1 Å². The summed E-state index contributed by atoms with van der Waals surface area (Å²) in [6.45, 7) is 4.92. The number of ether oxygens (including phenoxy) is 1. The van der Waals surface area contributed by atoms with E-state index < -0.39 is 15.6 Å². The quantitative estimate of drug-likeness (QED) is 0.838. The van der Waals surface area contributed by atoms with Gasteiger partial charge in [-0.05, 0) is 26.7 Å². The summed E-state index contributed by atoms with van der Waals surface area (Å²) >= 11 is 0. The highest BCUT2D eigenvalue weighted by Crippen LogP contribution is 2.31. The standard InChI is InChI=1S/C14H26N2O4S/c1-11-9-16(10-12(2)20-11)13(17)14(15-21(3,18)19)7-5-4-6-8-14/h11-12,15H,4-10H2,1-3H3. The molecular formula is C14H26N2O4S. The van der Waals surface area contributed by atoms with Crippen LogP contribution in [0.25, 0.3) is 0 Å². The third-order valence-corrected chi connectivity index (χ3v) is 4.97. The van der Waals surface area contributed by atoms with Crippen LogP contribution < -0.4 is 4.72 Å². The fraction of sp³-hybridized carbons (Fsp3) is 0.929. The molecule has 7 heteroatoms. The number of hydrogen-bond donors (Lipinski definition) is 1. The molecule has 0 aromatic heterocycles. The SMILES string of the molecule is CC1CN(C(=O)C2(NS(C)(=O)=O)CCCCC2)CC(C)O1. The van der Waals surface area contributed by atoms with Gasteiger partial charge in [-0.3, -0.25) is 4.79 Å². The minimum Gasteiger partial charge on any atom is -0.372 e. The van der Waals surface area contributed by atoms with Crippen LogP contribution >= 0.6 is 0 Å². The molecule has 0 spiro atoms. The number of rotatable bonds is 3. The number of morpholine rings is 1. The van der Waals surface area contributed by atoms with Gasteiger partial charge in [0.25, 0.3) is 0 Å². The predicted molar refractivity (Wildman–Crippen MR) is 80.4 cm³/mol. The van der Waals surface area contributed by atoms with E-state index in [9.17, 15) is 13.2 Å². The molecule has 1 saturated heterocycles. The van der Waals surface area contributed by atoms with E-state index in [0.29, 0.717) is 25.9 Å². The van der Waals surface area contributed by atoms with Crippen molar-refractivity contribution in [2.24, 2.45) is 0 Å². The van der Waals surface area contributed by atoms with Gasteiger partial charge in [0.15, 0.2) is 0 Å². The van der Waals surface area contributed by atoms with Gasteiger partial charge in [-0.2, -0.15) is 4.72 Å². The number of nitrogens with one attached hydrogen (secondary N) is 1. The van der Waals surface area contributed by atoms with Crippen LogP contribution in [-0.2, 0) is 19.6 Å². The average molecular weight is 318 g/mol. The Morgan fingerprint density at radius 2 is 1.67 bits per heavy atom. The van der Waals surface area contributed by atoms with Crippen molar-refractivity contribution in [3.8, 4) is 0 Å².